The van der Waals surface area contributed by atoms with Crippen LogP contribution in [0.4, 0.5) is 39.5 Å². The fourth-order valence-corrected chi connectivity index (χ4v) is 4.29. The first-order valence-electron chi connectivity index (χ1n) is 11.1. The first-order chi connectivity index (χ1) is 17.5. The smallest absolute Gasteiger partial charge is 0.402 e. The lowest BCUT2D eigenvalue weighted by molar-refractivity contribution is -0.138. The van der Waals surface area contributed by atoms with E-state index in [0.717, 1.165) is 72.8 Å². The predicted octanol–water partition coefficient (Wildman–Crippen LogP) is 6.84. The van der Waals surface area contributed by atoms with Gasteiger partial charge in [-0.05, 0) is 65.9 Å². The molecule has 3 aromatic carbocycles. The topological polar surface area (TPSA) is 49.7 Å². The quantitative estimate of drug-likeness (QED) is 0.140. The first kappa shape index (κ1) is 29.5. The Kier molecular flexibility index (Phi) is 8.54. The second kappa shape index (κ2) is 11.0. The molecule has 0 radical (unpaired) electrons. The van der Waals surface area contributed by atoms with Crippen molar-refractivity contribution in [3.8, 4) is 0 Å². The molecule has 0 amide bonds. The molecule has 2 N–H and O–H groups in total. The van der Waals surface area contributed by atoms with Gasteiger partial charge in [0.15, 0.2) is 0 Å². The zero-order chi connectivity index (χ0) is 28.4. The minimum absolute atomic E-state index is 0.000681. The van der Waals surface area contributed by atoms with Crippen LogP contribution < -0.4 is 0 Å². The zero-order valence-electron chi connectivity index (χ0n) is 19.3. The predicted molar refractivity (Wildman–Crippen MR) is 120 cm³/mol. The third-order valence-electron chi connectivity index (χ3n) is 6.08. The molecule has 0 aliphatic rings. The van der Waals surface area contributed by atoms with Crippen molar-refractivity contribution in [2.45, 2.75) is 36.8 Å². The molecule has 3 nitrogen and oxygen atoms in total. The van der Waals surface area contributed by atoms with Crippen molar-refractivity contribution in [1.82, 2.24) is 0 Å². The lowest BCUT2D eigenvalue weighted by Gasteiger charge is -2.37. The lowest BCUT2D eigenvalue weighted by Crippen LogP contribution is -2.31. The van der Waals surface area contributed by atoms with Gasteiger partial charge < -0.3 is 14.7 Å². The van der Waals surface area contributed by atoms with Gasteiger partial charge in [-0.1, -0.05) is 36.4 Å². The summed E-state index contributed by atoms with van der Waals surface area (Å²) in [6.07, 6.45) is -14.1. The highest BCUT2D eigenvalue weighted by Crippen LogP contribution is 2.45. The summed E-state index contributed by atoms with van der Waals surface area (Å²) in [5.41, 5.74) is -4.04. The molecule has 0 spiro atoms. The maximum absolute atomic E-state index is 13.2. The molecule has 0 saturated carbocycles. The summed E-state index contributed by atoms with van der Waals surface area (Å²) in [6.45, 7) is -0.276. The molecular formula is C25H20BF9O3. The van der Waals surface area contributed by atoms with Crippen LogP contribution in [0.2, 0.25) is 0 Å². The largest absolute Gasteiger partial charge is 0.633 e. The second-order valence-electron chi connectivity index (χ2n) is 8.43. The summed E-state index contributed by atoms with van der Waals surface area (Å²) in [5.74, 6) is 0. The molecule has 0 aliphatic heterocycles. The van der Waals surface area contributed by atoms with Gasteiger partial charge in [0.05, 0.1) is 16.7 Å². The minimum Gasteiger partial charge on any atom is -0.402 e. The van der Waals surface area contributed by atoms with Gasteiger partial charge >= 0.3 is 25.9 Å². The van der Waals surface area contributed by atoms with E-state index in [9.17, 15) is 39.5 Å². The van der Waals surface area contributed by atoms with E-state index in [1.54, 1.807) is 0 Å². The van der Waals surface area contributed by atoms with E-state index in [1.165, 1.54) is 0 Å². The highest BCUT2D eigenvalue weighted by Gasteiger charge is 2.39. The Morgan fingerprint density at radius 2 is 0.763 bits per heavy atom. The molecule has 3 rings (SSSR count). The van der Waals surface area contributed by atoms with Gasteiger partial charge in [0.25, 0.3) is 0 Å². The van der Waals surface area contributed by atoms with E-state index in [-0.39, 0.29) is 36.1 Å². The normalized spacial score (nSPS) is 13.0. The van der Waals surface area contributed by atoms with E-state index in [2.05, 4.69) is 0 Å². The number of benzene rings is 3. The molecule has 0 unspecified atom stereocenters. The van der Waals surface area contributed by atoms with Gasteiger partial charge in [-0.15, -0.1) is 0 Å². The second-order valence-corrected chi connectivity index (χ2v) is 8.43. The fraction of sp³-hybridized carbons (Fsp3) is 0.280. The van der Waals surface area contributed by atoms with Crippen molar-refractivity contribution >= 4 is 7.32 Å². The van der Waals surface area contributed by atoms with Crippen LogP contribution >= 0.6 is 0 Å². The Hall–Kier alpha value is -3.03. The maximum atomic E-state index is 13.2. The van der Waals surface area contributed by atoms with Crippen molar-refractivity contribution in [3.63, 3.8) is 0 Å². The number of alkyl halides is 9. The third kappa shape index (κ3) is 6.69. The SMILES string of the molecule is OB(O)OCCCC(c1ccc(C(F)(F)F)cc1)(c1ccc(C(F)(F)F)cc1)c1ccc(C(F)(F)F)cc1. The summed E-state index contributed by atoms with van der Waals surface area (Å²) in [6, 6.07) is 11.3. The van der Waals surface area contributed by atoms with Crippen molar-refractivity contribution in [3.05, 3.63) is 106 Å². The van der Waals surface area contributed by atoms with Crippen LogP contribution in [-0.4, -0.2) is 24.0 Å². The highest BCUT2D eigenvalue weighted by molar-refractivity contribution is 6.32. The van der Waals surface area contributed by atoms with Gasteiger partial charge in [0, 0.05) is 12.0 Å². The van der Waals surface area contributed by atoms with Crippen molar-refractivity contribution in [1.29, 1.82) is 0 Å². The molecular weight excluding hydrogens is 530 g/mol. The van der Waals surface area contributed by atoms with E-state index in [1.807, 2.05) is 0 Å². The molecule has 38 heavy (non-hydrogen) atoms. The number of hydrogen-bond donors (Lipinski definition) is 2. The van der Waals surface area contributed by atoms with Crippen molar-refractivity contribution in [2.75, 3.05) is 6.61 Å². The molecule has 204 valence electrons. The fourth-order valence-electron chi connectivity index (χ4n) is 4.29. The zero-order valence-corrected chi connectivity index (χ0v) is 19.3. The van der Waals surface area contributed by atoms with Crippen molar-refractivity contribution < 1.29 is 54.2 Å². The van der Waals surface area contributed by atoms with Gasteiger partial charge in [-0.2, -0.15) is 39.5 Å². The Balaban J connectivity index is 2.24. The summed E-state index contributed by atoms with van der Waals surface area (Å²) < 4.78 is 124. The lowest BCUT2D eigenvalue weighted by atomic mass is 9.66. The molecule has 3 aromatic rings. The van der Waals surface area contributed by atoms with E-state index >= 15 is 0 Å². The first-order valence-corrected chi connectivity index (χ1v) is 11.1. The van der Waals surface area contributed by atoms with E-state index in [0.29, 0.717) is 0 Å². The van der Waals surface area contributed by atoms with Crippen LogP contribution in [-0.2, 0) is 28.6 Å². The van der Waals surface area contributed by atoms with Crippen LogP contribution in [0, 0.1) is 0 Å². The van der Waals surface area contributed by atoms with Crippen LogP contribution in [0.1, 0.15) is 46.2 Å². The Morgan fingerprint density at radius 3 is 1.00 bits per heavy atom. The standard InChI is InChI=1S/C25H20BF9O3/c27-23(28,29)19-8-2-16(3-9-19)22(14-1-15-38-26(36)37,17-4-10-20(11-5-17)24(30,31)32)18-6-12-21(13-7-18)25(33,34)35/h2-13,36-37H,1,14-15H2. The average Bonchev–Trinajstić information content (AvgIpc) is 2.83. The van der Waals surface area contributed by atoms with E-state index < -0.39 is 48.0 Å². The number of halogens is 9. The molecule has 0 heterocycles. The Bertz CT molecular complexity index is 1050. The van der Waals surface area contributed by atoms with Gasteiger partial charge in [0.1, 0.15) is 0 Å². The van der Waals surface area contributed by atoms with Crippen molar-refractivity contribution in [2.24, 2.45) is 0 Å². The van der Waals surface area contributed by atoms with Gasteiger partial charge in [0.2, 0.25) is 0 Å². The molecule has 13 heteroatoms. The highest BCUT2D eigenvalue weighted by atomic mass is 19.4. The summed E-state index contributed by atoms with van der Waals surface area (Å²) in [5, 5.41) is 17.9. The van der Waals surface area contributed by atoms with Crippen LogP contribution in [0.15, 0.2) is 72.8 Å². The number of hydrogen-bond acceptors (Lipinski definition) is 3. The Labute approximate surface area is 211 Å². The molecule has 0 atom stereocenters. The third-order valence-corrected chi connectivity index (χ3v) is 6.08. The van der Waals surface area contributed by atoms with E-state index in [4.69, 9.17) is 14.7 Å². The molecule has 0 saturated heterocycles. The monoisotopic (exact) mass is 550 g/mol. The molecule has 0 fully saturated rings. The molecule has 0 bridgehead atoms. The maximum Gasteiger partial charge on any atom is 0.633 e. The number of rotatable bonds is 8. The summed E-state index contributed by atoms with van der Waals surface area (Å²) >= 11 is 0. The van der Waals surface area contributed by atoms with Crippen LogP contribution in [0.5, 0.6) is 0 Å². The van der Waals surface area contributed by atoms with Gasteiger partial charge in [-0.25, -0.2) is 0 Å². The Morgan fingerprint density at radius 1 is 0.500 bits per heavy atom. The minimum atomic E-state index is -4.69. The molecule has 0 aliphatic carbocycles. The van der Waals surface area contributed by atoms with Gasteiger partial charge in [-0.3, -0.25) is 0 Å². The molecule has 0 aromatic heterocycles. The summed E-state index contributed by atoms with van der Waals surface area (Å²) in [7, 11) is -2.13. The van der Waals surface area contributed by atoms with Crippen LogP contribution in [0.3, 0.4) is 0 Å². The summed E-state index contributed by atoms with van der Waals surface area (Å²) in [4.78, 5) is 0. The average molecular weight is 550 g/mol. The van der Waals surface area contributed by atoms with Crippen LogP contribution in [0.25, 0.3) is 0 Å².